The lowest BCUT2D eigenvalue weighted by Gasteiger charge is -2.47. The molecular weight excluding hydrogens is 334 g/mol. The van der Waals surface area contributed by atoms with Crippen LogP contribution in [0.3, 0.4) is 0 Å². The van der Waals surface area contributed by atoms with Crippen molar-refractivity contribution in [3.8, 4) is 0 Å². The maximum Gasteiger partial charge on any atom is 0.298 e. The number of carbonyl (C=O) groups is 3. The van der Waals surface area contributed by atoms with Gasteiger partial charge in [0.1, 0.15) is 0 Å². The highest BCUT2D eigenvalue weighted by Gasteiger charge is 2.42. The number of carbonyl (C=O) groups excluding carboxylic acids is 3. The maximum absolute atomic E-state index is 12.4. The predicted octanol–water partition coefficient (Wildman–Crippen LogP) is 1.26. The van der Waals surface area contributed by atoms with E-state index in [0.29, 0.717) is 19.5 Å². The van der Waals surface area contributed by atoms with E-state index in [0.717, 1.165) is 38.9 Å². The summed E-state index contributed by atoms with van der Waals surface area (Å²) in [6.07, 6.45) is 4.50. The van der Waals surface area contributed by atoms with Crippen LogP contribution in [0.5, 0.6) is 0 Å². The quantitative estimate of drug-likeness (QED) is 0.583. The minimum Gasteiger partial charge on any atom is -0.461 e. The van der Waals surface area contributed by atoms with Gasteiger partial charge in [0.15, 0.2) is 5.76 Å². The summed E-state index contributed by atoms with van der Waals surface area (Å²) in [5.41, 5.74) is 0.0741. The molecular formula is C19H27N3O4. The SMILES string of the molecule is CN(C)CCN1CC2(CCC1=O)CCN(C(=O)C(=O)c1ccco1)CC2. The first-order valence-corrected chi connectivity index (χ1v) is 9.20. The second-order valence-corrected chi connectivity index (χ2v) is 7.72. The van der Waals surface area contributed by atoms with Crippen molar-refractivity contribution in [1.29, 1.82) is 0 Å². The normalized spacial score (nSPS) is 20.0. The number of piperidine rings is 2. The standard InChI is InChI=1S/C19H27N3O4/c1-20(2)11-12-22-14-19(6-5-16(22)23)7-9-21(10-8-19)18(25)17(24)15-4-3-13-26-15/h3-4,13H,5-12,14H2,1-2H3. The predicted molar refractivity (Wildman–Crippen MR) is 95.7 cm³/mol. The van der Waals surface area contributed by atoms with Gasteiger partial charge in [0, 0.05) is 39.1 Å². The van der Waals surface area contributed by atoms with Gasteiger partial charge < -0.3 is 19.1 Å². The van der Waals surface area contributed by atoms with E-state index in [-0.39, 0.29) is 17.1 Å². The Labute approximate surface area is 153 Å². The number of likely N-dealkylation sites (N-methyl/N-ethyl adjacent to an activating group) is 1. The fourth-order valence-corrected chi connectivity index (χ4v) is 3.88. The molecule has 3 rings (SSSR count). The molecule has 0 aromatic carbocycles. The summed E-state index contributed by atoms with van der Waals surface area (Å²) >= 11 is 0. The van der Waals surface area contributed by atoms with E-state index in [1.54, 1.807) is 11.0 Å². The Hall–Kier alpha value is -2.15. The topological polar surface area (TPSA) is 74.1 Å². The average Bonchev–Trinajstić information content (AvgIpc) is 3.17. The molecule has 2 fully saturated rings. The highest BCUT2D eigenvalue weighted by atomic mass is 16.3. The van der Waals surface area contributed by atoms with Crippen LogP contribution < -0.4 is 0 Å². The number of nitrogens with zero attached hydrogens (tertiary/aromatic N) is 3. The van der Waals surface area contributed by atoms with Crippen molar-refractivity contribution in [2.45, 2.75) is 25.7 Å². The lowest BCUT2D eigenvalue weighted by Crippen LogP contribution is -2.54. The molecule has 3 heterocycles. The number of hydrogen-bond acceptors (Lipinski definition) is 5. The fraction of sp³-hybridized carbons (Fsp3) is 0.632. The van der Waals surface area contributed by atoms with Crippen molar-refractivity contribution < 1.29 is 18.8 Å². The molecule has 0 atom stereocenters. The van der Waals surface area contributed by atoms with Gasteiger partial charge in [-0.15, -0.1) is 0 Å². The lowest BCUT2D eigenvalue weighted by atomic mass is 9.72. The van der Waals surface area contributed by atoms with Gasteiger partial charge in [-0.25, -0.2) is 0 Å². The smallest absolute Gasteiger partial charge is 0.298 e. The Balaban J connectivity index is 1.57. The molecule has 0 bridgehead atoms. The first-order chi connectivity index (χ1) is 12.4. The number of likely N-dealkylation sites (tertiary alicyclic amines) is 2. The van der Waals surface area contributed by atoms with Gasteiger partial charge in [-0.05, 0) is 50.9 Å². The van der Waals surface area contributed by atoms with Gasteiger partial charge in [0.25, 0.3) is 11.7 Å². The van der Waals surface area contributed by atoms with Crippen LogP contribution in [0, 0.1) is 5.41 Å². The molecule has 142 valence electrons. The molecule has 1 spiro atoms. The summed E-state index contributed by atoms with van der Waals surface area (Å²) in [7, 11) is 4.01. The zero-order valence-electron chi connectivity index (χ0n) is 15.6. The summed E-state index contributed by atoms with van der Waals surface area (Å²) in [5.74, 6) is -0.763. The molecule has 1 aromatic rings. The fourth-order valence-electron chi connectivity index (χ4n) is 3.88. The van der Waals surface area contributed by atoms with Crippen molar-refractivity contribution in [2.75, 3.05) is 46.8 Å². The number of hydrogen-bond donors (Lipinski definition) is 0. The number of Topliss-reactive ketones (excluding diaryl/α,β-unsaturated/α-hetero) is 1. The molecule has 0 saturated carbocycles. The third kappa shape index (κ3) is 3.98. The first-order valence-electron chi connectivity index (χ1n) is 9.20. The zero-order valence-corrected chi connectivity index (χ0v) is 15.6. The monoisotopic (exact) mass is 361 g/mol. The van der Waals surface area contributed by atoms with E-state index in [9.17, 15) is 14.4 Å². The van der Waals surface area contributed by atoms with Gasteiger partial charge in [-0.1, -0.05) is 0 Å². The van der Waals surface area contributed by atoms with E-state index in [1.807, 2.05) is 19.0 Å². The average molecular weight is 361 g/mol. The van der Waals surface area contributed by atoms with Gasteiger partial charge in [0.05, 0.1) is 6.26 Å². The van der Waals surface area contributed by atoms with Crippen LogP contribution in [-0.2, 0) is 9.59 Å². The lowest BCUT2D eigenvalue weighted by molar-refractivity contribution is -0.141. The third-order valence-corrected chi connectivity index (χ3v) is 5.62. The first kappa shape index (κ1) is 18.6. The Morgan fingerprint density at radius 2 is 1.96 bits per heavy atom. The van der Waals surface area contributed by atoms with E-state index >= 15 is 0 Å². The number of rotatable bonds is 5. The molecule has 0 N–H and O–H groups in total. The minimum atomic E-state index is -0.586. The third-order valence-electron chi connectivity index (χ3n) is 5.62. The molecule has 26 heavy (non-hydrogen) atoms. The van der Waals surface area contributed by atoms with Crippen molar-refractivity contribution in [1.82, 2.24) is 14.7 Å². The van der Waals surface area contributed by atoms with Crippen LogP contribution in [0.1, 0.15) is 36.2 Å². The summed E-state index contributed by atoms with van der Waals surface area (Å²) in [5, 5.41) is 0. The van der Waals surface area contributed by atoms with E-state index < -0.39 is 11.7 Å². The summed E-state index contributed by atoms with van der Waals surface area (Å²) in [4.78, 5) is 42.5. The van der Waals surface area contributed by atoms with Crippen LogP contribution in [0.2, 0.25) is 0 Å². The Kier molecular flexibility index (Phi) is 5.46. The molecule has 2 aliphatic heterocycles. The molecule has 0 aliphatic carbocycles. The Bertz CT molecular complexity index is 660. The molecule has 7 nitrogen and oxygen atoms in total. The van der Waals surface area contributed by atoms with Gasteiger partial charge in [-0.3, -0.25) is 14.4 Å². The van der Waals surface area contributed by atoms with Crippen LogP contribution in [0.25, 0.3) is 0 Å². The number of furan rings is 1. The largest absolute Gasteiger partial charge is 0.461 e. The molecule has 0 radical (unpaired) electrons. The van der Waals surface area contributed by atoms with Crippen LogP contribution >= 0.6 is 0 Å². The van der Waals surface area contributed by atoms with Crippen molar-refractivity contribution >= 4 is 17.6 Å². The molecule has 1 aromatic heterocycles. The molecule has 7 heteroatoms. The minimum absolute atomic E-state index is 0.0741. The Morgan fingerprint density at radius 1 is 1.23 bits per heavy atom. The number of amides is 2. The second kappa shape index (κ2) is 7.61. The van der Waals surface area contributed by atoms with E-state index in [1.165, 1.54) is 12.3 Å². The van der Waals surface area contributed by atoms with Crippen LogP contribution in [0.4, 0.5) is 0 Å². The van der Waals surface area contributed by atoms with E-state index in [2.05, 4.69) is 4.90 Å². The van der Waals surface area contributed by atoms with Crippen molar-refractivity contribution in [3.63, 3.8) is 0 Å². The summed E-state index contributed by atoms with van der Waals surface area (Å²) in [6.45, 7) is 3.47. The van der Waals surface area contributed by atoms with Gasteiger partial charge >= 0.3 is 0 Å². The maximum atomic E-state index is 12.4. The van der Waals surface area contributed by atoms with Crippen molar-refractivity contribution in [2.24, 2.45) is 5.41 Å². The highest BCUT2D eigenvalue weighted by Crippen LogP contribution is 2.40. The van der Waals surface area contributed by atoms with Gasteiger partial charge in [-0.2, -0.15) is 0 Å². The summed E-state index contributed by atoms with van der Waals surface area (Å²) < 4.78 is 5.04. The Morgan fingerprint density at radius 3 is 2.58 bits per heavy atom. The second-order valence-electron chi connectivity index (χ2n) is 7.72. The highest BCUT2D eigenvalue weighted by molar-refractivity contribution is 6.41. The molecule has 2 aliphatic rings. The summed E-state index contributed by atoms with van der Waals surface area (Å²) in [6, 6.07) is 3.12. The van der Waals surface area contributed by atoms with Crippen LogP contribution in [0.15, 0.2) is 22.8 Å². The van der Waals surface area contributed by atoms with Gasteiger partial charge in [0.2, 0.25) is 5.91 Å². The zero-order chi connectivity index (χ0) is 18.7. The van der Waals surface area contributed by atoms with Crippen LogP contribution in [-0.4, -0.2) is 79.1 Å². The molecule has 0 unspecified atom stereocenters. The van der Waals surface area contributed by atoms with E-state index in [4.69, 9.17) is 4.42 Å². The number of ketones is 1. The molecule has 2 amide bonds. The van der Waals surface area contributed by atoms with Crippen molar-refractivity contribution in [3.05, 3.63) is 24.2 Å². The molecule has 2 saturated heterocycles.